The molecule has 4 rings (SSSR count). The van der Waals surface area contributed by atoms with Crippen molar-refractivity contribution >= 4 is 26.7 Å². The van der Waals surface area contributed by atoms with Crippen LogP contribution in [0.2, 0.25) is 0 Å². The summed E-state index contributed by atoms with van der Waals surface area (Å²) in [5, 5.41) is 0.939. The Kier molecular flexibility index (Phi) is 5.14. The highest BCUT2D eigenvalue weighted by Gasteiger charge is 2.29. The number of carbonyl (C=O) groups is 1. The normalized spacial score (nSPS) is 18.6. The van der Waals surface area contributed by atoms with Gasteiger partial charge >= 0.3 is 5.63 Å². The second-order valence-electron chi connectivity index (χ2n) is 7.94. The Hall–Kier alpha value is -2.35. The number of benzene rings is 1. The van der Waals surface area contributed by atoms with Crippen molar-refractivity contribution in [1.29, 1.82) is 0 Å². The number of rotatable bonds is 4. The number of hydrogen-bond donors (Lipinski definition) is 0. The van der Waals surface area contributed by atoms with Crippen molar-refractivity contribution in [3.8, 4) is 5.75 Å². The summed E-state index contributed by atoms with van der Waals surface area (Å²) >= 11 is 0. The van der Waals surface area contributed by atoms with Gasteiger partial charge in [0.15, 0.2) is 6.61 Å². The van der Waals surface area contributed by atoms with E-state index in [2.05, 4.69) is 0 Å². The Bertz CT molecular complexity index is 1120. The smallest absolute Gasteiger partial charge is 0.339 e. The molecule has 1 aliphatic carbocycles. The van der Waals surface area contributed by atoms with Crippen LogP contribution in [0.4, 0.5) is 0 Å². The number of hydrogen-bond acceptors (Lipinski definition) is 6. The van der Waals surface area contributed by atoms with Gasteiger partial charge in [0.1, 0.15) is 21.2 Å². The Labute approximate surface area is 169 Å². The van der Waals surface area contributed by atoms with E-state index in [1.165, 1.54) is 0 Å². The lowest BCUT2D eigenvalue weighted by Crippen LogP contribution is -2.44. The third kappa shape index (κ3) is 3.77. The average molecular weight is 419 g/mol. The van der Waals surface area contributed by atoms with Crippen LogP contribution in [0.25, 0.3) is 11.0 Å². The molecule has 8 heteroatoms. The molecule has 156 valence electrons. The standard InChI is InChI=1S/C21H25NO6S/c1-13-18(7-6-16-15-4-3-5-17(15)21(24)28-20(13)16)27-12-19(23)22(2)14-8-10-29(25,26)11-9-14/h6-7,14H,3-5,8-12H2,1-2H3. The van der Waals surface area contributed by atoms with Gasteiger partial charge in [0.05, 0.1) is 11.5 Å². The second-order valence-corrected chi connectivity index (χ2v) is 10.2. The molecule has 0 unspecified atom stereocenters. The van der Waals surface area contributed by atoms with Gasteiger partial charge in [0, 0.05) is 29.6 Å². The summed E-state index contributed by atoms with van der Waals surface area (Å²) in [6, 6.07) is 3.62. The van der Waals surface area contributed by atoms with Crippen LogP contribution >= 0.6 is 0 Å². The summed E-state index contributed by atoms with van der Waals surface area (Å²) in [5.41, 5.74) is 2.78. The van der Waals surface area contributed by atoms with E-state index >= 15 is 0 Å². The number of ether oxygens (including phenoxy) is 1. The lowest BCUT2D eigenvalue weighted by atomic mass is 10.0. The number of carbonyl (C=O) groups excluding carboxylic acids is 1. The van der Waals surface area contributed by atoms with Crippen LogP contribution in [-0.4, -0.2) is 50.4 Å². The molecule has 0 bridgehead atoms. The minimum absolute atomic E-state index is 0.0899. The van der Waals surface area contributed by atoms with Crippen LogP contribution in [-0.2, 0) is 27.5 Å². The van der Waals surface area contributed by atoms with Crippen molar-refractivity contribution in [1.82, 2.24) is 4.90 Å². The minimum Gasteiger partial charge on any atom is -0.483 e. The van der Waals surface area contributed by atoms with Crippen LogP contribution in [0, 0.1) is 6.92 Å². The van der Waals surface area contributed by atoms with Crippen LogP contribution in [0.3, 0.4) is 0 Å². The zero-order chi connectivity index (χ0) is 20.8. The zero-order valence-electron chi connectivity index (χ0n) is 16.7. The molecule has 1 fully saturated rings. The second kappa shape index (κ2) is 7.48. The first-order valence-corrected chi connectivity index (χ1v) is 11.8. The molecule has 2 heterocycles. The maximum absolute atomic E-state index is 12.5. The molecule has 1 amide bonds. The van der Waals surface area contributed by atoms with E-state index in [0.29, 0.717) is 29.7 Å². The maximum Gasteiger partial charge on any atom is 0.339 e. The molecule has 1 aromatic heterocycles. The van der Waals surface area contributed by atoms with Crippen LogP contribution in [0.15, 0.2) is 21.3 Å². The maximum atomic E-state index is 12.5. The van der Waals surface area contributed by atoms with Crippen LogP contribution < -0.4 is 10.4 Å². The van der Waals surface area contributed by atoms with E-state index in [4.69, 9.17) is 9.15 Å². The third-order valence-electron chi connectivity index (χ3n) is 6.16. The minimum atomic E-state index is -2.97. The highest BCUT2D eigenvalue weighted by molar-refractivity contribution is 7.91. The molecular formula is C21H25NO6S. The van der Waals surface area contributed by atoms with Gasteiger partial charge in [-0.3, -0.25) is 4.79 Å². The number of amides is 1. The number of aryl methyl sites for hydroxylation is 2. The fraction of sp³-hybridized carbons (Fsp3) is 0.524. The molecule has 29 heavy (non-hydrogen) atoms. The van der Waals surface area contributed by atoms with E-state index < -0.39 is 9.84 Å². The zero-order valence-corrected chi connectivity index (χ0v) is 17.5. The highest BCUT2D eigenvalue weighted by atomic mass is 32.2. The molecule has 2 aromatic rings. The Morgan fingerprint density at radius 1 is 1.21 bits per heavy atom. The summed E-state index contributed by atoms with van der Waals surface area (Å²) in [4.78, 5) is 26.4. The first kappa shape index (κ1) is 19.9. The van der Waals surface area contributed by atoms with Gasteiger partial charge in [-0.25, -0.2) is 13.2 Å². The molecule has 0 atom stereocenters. The summed E-state index contributed by atoms with van der Waals surface area (Å²) in [6.07, 6.45) is 3.50. The van der Waals surface area contributed by atoms with Crippen molar-refractivity contribution in [2.45, 2.75) is 45.1 Å². The summed E-state index contributed by atoms with van der Waals surface area (Å²) in [6.45, 7) is 1.67. The quantitative estimate of drug-likeness (QED) is 0.704. The molecule has 1 saturated heterocycles. The third-order valence-corrected chi connectivity index (χ3v) is 7.87. The van der Waals surface area contributed by atoms with Gasteiger partial charge in [-0.05, 0) is 56.7 Å². The number of fused-ring (bicyclic) bond motifs is 3. The lowest BCUT2D eigenvalue weighted by Gasteiger charge is -2.31. The highest BCUT2D eigenvalue weighted by Crippen LogP contribution is 2.33. The van der Waals surface area contributed by atoms with Crippen LogP contribution in [0.1, 0.15) is 36.0 Å². The van der Waals surface area contributed by atoms with E-state index in [0.717, 1.165) is 35.8 Å². The first-order valence-electron chi connectivity index (χ1n) is 9.94. The van der Waals surface area contributed by atoms with Crippen molar-refractivity contribution < 1.29 is 22.4 Å². The van der Waals surface area contributed by atoms with Gasteiger partial charge in [-0.15, -0.1) is 0 Å². The Morgan fingerprint density at radius 3 is 2.62 bits per heavy atom. The predicted molar refractivity (Wildman–Crippen MR) is 109 cm³/mol. The molecule has 0 radical (unpaired) electrons. The fourth-order valence-corrected chi connectivity index (χ4v) is 5.80. The largest absolute Gasteiger partial charge is 0.483 e. The summed E-state index contributed by atoms with van der Waals surface area (Å²) in [5.74, 6) is 0.530. The van der Waals surface area contributed by atoms with Crippen molar-refractivity contribution in [3.05, 3.63) is 39.2 Å². The van der Waals surface area contributed by atoms with Gasteiger partial charge < -0.3 is 14.1 Å². The molecule has 0 saturated carbocycles. The van der Waals surface area contributed by atoms with Gasteiger partial charge in [-0.1, -0.05) is 0 Å². The van der Waals surface area contributed by atoms with E-state index in [-0.39, 0.29) is 35.7 Å². The van der Waals surface area contributed by atoms with Crippen molar-refractivity contribution in [3.63, 3.8) is 0 Å². The molecule has 1 aromatic carbocycles. The molecule has 1 aliphatic heterocycles. The van der Waals surface area contributed by atoms with Gasteiger partial charge in [0.2, 0.25) is 0 Å². The van der Waals surface area contributed by atoms with Crippen molar-refractivity contribution in [2.75, 3.05) is 25.2 Å². The number of nitrogens with zero attached hydrogens (tertiary/aromatic N) is 1. The predicted octanol–water partition coefficient (Wildman–Crippen LogP) is 2.00. The molecule has 0 spiro atoms. The fourth-order valence-electron chi connectivity index (χ4n) is 4.33. The number of likely N-dealkylation sites (N-methyl/N-ethyl adjacent to an activating group) is 1. The van der Waals surface area contributed by atoms with Gasteiger partial charge in [0.25, 0.3) is 5.91 Å². The molecule has 2 aliphatic rings. The molecular weight excluding hydrogens is 394 g/mol. The first-order chi connectivity index (χ1) is 13.8. The Balaban J connectivity index is 1.48. The molecule has 0 N–H and O–H groups in total. The van der Waals surface area contributed by atoms with Crippen molar-refractivity contribution in [2.24, 2.45) is 0 Å². The van der Waals surface area contributed by atoms with E-state index in [9.17, 15) is 18.0 Å². The topological polar surface area (TPSA) is 93.9 Å². The van der Waals surface area contributed by atoms with Crippen LogP contribution in [0.5, 0.6) is 5.75 Å². The van der Waals surface area contributed by atoms with E-state index in [1.807, 2.05) is 19.1 Å². The lowest BCUT2D eigenvalue weighted by molar-refractivity contribution is -0.134. The average Bonchev–Trinajstić information content (AvgIpc) is 3.18. The van der Waals surface area contributed by atoms with E-state index in [1.54, 1.807) is 11.9 Å². The summed E-state index contributed by atoms with van der Waals surface area (Å²) < 4.78 is 34.5. The Morgan fingerprint density at radius 2 is 1.90 bits per heavy atom. The van der Waals surface area contributed by atoms with Gasteiger partial charge in [-0.2, -0.15) is 0 Å². The number of sulfone groups is 1. The summed E-state index contributed by atoms with van der Waals surface area (Å²) in [7, 11) is -1.29. The molecule has 7 nitrogen and oxygen atoms in total. The SMILES string of the molecule is Cc1c(OCC(=O)N(C)C2CCS(=O)(=O)CC2)ccc2c3c(c(=O)oc12)CCC3. The monoisotopic (exact) mass is 419 g/mol.